The second-order valence-electron chi connectivity index (χ2n) is 6.72. The van der Waals surface area contributed by atoms with Crippen molar-refractivity contribution in [2.24, 2.45) is 0 Å². The third kappa shape index (κ3) is 4.33. The van der Waals surface area contributed by atoms with Crippen LogP contribution in [0.15, 0.2) is 18.2 Å². The summed E-state index contributed by atoms with van der Waals surface area (Å²) >= 11 is 0. The number of benzene rings is 1. The molecule has 0 saturated carbocycles. The van der Waals surface area contributed by atoms with Crippen LogP contribution in [0.3, 0.4) is 0 Å². The van der Waals surface area contributed by atoms with E-state index in [9.17, 15) is 18.8 Å². The van der Waals surface area contributed by atoms with Gasteiger partial charge in [0, 0.05) is 33.1 Å². The van der Waals surface area contributed by atoms with Crippen LogP contribution >= 0.6 is 0 Å². The van der Waals surface area contributed by atoms with Gasteiger partial charge in [0.25, 0.3) is 0 Å². The van der Waals surface area contributed by atoms with Crippen LogP contribution in [0.4, 0.5) is 20.6 Å². The molecular weight excluding hydrogens is 371 g/mol. The number of carbonyl (C=O) groups is 3. The average Bonchev–Trinajstić information content (AvgIpc) is 3.06. The Hall–Kier alpha value is -2.88. The molecule has 0 spiro atoms. The predicted octanol–water partition coefficient (Wildman–Crippen LogP) is -0.0721. The molecule has 0 bridgehead atoms. The first-order valence-electron chi connectivity index (χ1n) is 9.04. The number of rotatable bonds is 5. The lowest BCUT2D eigenvalue weighted by Crippen LogP contribution is -2.49. The van der Waals surface area contributed by atoms with E-state index in [0.29, 0.717) is 37.6 Å². The summed E-state index contributed by atoms with van der Waals surface area (Å²) in [5, 5.41) is 11.5. The van der Waals surface area contributed by atoms with Crippen molar-refractivity contribution >= 4 is 29.3 Å². The Balaban J connectivity index is 1.64. The molecule has 3 rings (SSSR count). The molecule has 28 heavy (non-hydrogen) atoms. The lowest BCUT2D eigenvalue weighted by molar-refractivity contribution is -0.134. The Morgan fingerprint density at radius 2 is 2.00 bits per heavy atom. The van der Waals surface area contributed by atoms with Crippen molar-refractivity contribution in [1.82, 2.24) is 10.2 Å². The number of nitrogens with zero attached hydrogens (tertiary/aromatic N) is 3. The number of anilines is 2. The molecule has 0 aliphatic carbocycles. The van der Waals surface area contributed by atoms with E-state index >= 15 is 0 Å². The summed E-state index contributed by atoms with van der Waals surface area (Å²) in [6.07, 6.45) is -1.07. The maximum Gasteiger partial charge on any atom is 0.414 e. The number of carbonyl (C=O) groups excluding carboxylic acids is 3. The summed E-state index contributed by atoms with van der Waals surface area (Å²) in [5.74, 6) is -1.03. The standard InChI is InChI=1S/C18H23FN4O5/c1-12(25)20-9-14-10-23(18(27)28-14)13-2-3-16(15(19)8-13)21-4-6-22(7-5-21)17(26)11-24/h2-3,8,14,24H,4-7,9-11H2,1H3,(H,20,25)/t14-/m1/s1. The number of hydrogen-bond acceptors (Lipinski definition) is 6. The van der Waals surface area contributed by atoms with Gasteiger partial charge in [-0.3, -0.25) is 14.5 Å². The first-order valence-corrected chi connectivity index (χ1v) is 9.04. The van der Waals surface area contributed by atoms with Crippen LogP contribution in [-0.2, 0) is 14.3 Å². The smallest absolute Gasteiger partial charge is 0.414 e. The highest BCUT2D eigenvalue weighted by Crippen LogP contribution is 2.28. The minimum atomic E-state index is -0.585. The Morgan fingerprint density at radius 3 is 2.61 bits per heavy atom. The van der Waals surface area contributed by atoms with Gasteiger partial charge in [-0.15, -0.1) is 0 Å². The summed E-state index contributed by atoms with van der Waals surface area (Å²) in [6.45, 7) is 2.99. The summed E-state index contributed by atoms with van der Waals surface area (Å²) in [6, 6.07) is 4.52. The van der Waals surface area contributed by atoms with E-state index in [4.69, 9.17) is 9.84 Å². The minimum absolute atomic E-state index is 0.203. The maximum absolute atomic E-state index is 14.7. The van der Waals surface area contributed by atoms with Gasteiger partial charge in [-0.2, -0.15) is 0 Å². The highest BCUT2D eigenvalue weighted by Gasteiger charge is 2.33. The van der Waals surface area contributed by atoms with Crippen LogP contribution in [0, 0.1) is 5.82 Å². The van der Waals surface area contributed by atoms with Crippen LogP contribution in [0.2, 0.25) is 0 Å². The largest absolute Gasteiger partial charge is 0.442 e. The van der Waals surface area contributed by atoms with Crippen molar-refractivity contribution in [2.75, 3.05) is 55.7 Å². The van der Waals surface area contributed by atoms with E-state index in [1.165, 1.54) is 22.8 Å². The highest BCUT2D eigenvalue weighted by molar-refractivity contribution is 5.90. The molecule has 152 valence electrons. The van der Waals surface area contributed by atoms with Crippen molar-refractivity contribution in [3.8, 4) is 0 Å². The molecule has 2 saturated heterocycles. The third-order valence-electron chi connectivity index (χ3n) is 4.80. The number of hydrogen-bond donors (Lipinski definition) is 2. The van der Waals surface area contributed by atoms with E-state index < -0.39 is 24.6 Å². The molecule has 1 atom stereocenters. The van der Waals surface area contributed by atoms with Gasteiger partial charge >= 0.3 is 6.09 Å². The number of aliphatic hydroxyl groups excluding tert-OH is 1. The Bertz CT molecular complexity index is 766. The summed E-state index contributed by atoms with van der Waals surface area (Å²) in [4.78, 5) is 39.3. The van der Waals surface area contributed by atoms with Crippen LogP contribution in [0.5, 0.6) is 0 Å². The average molecular weight is 394 g/mol. The fraction of sp³-hybridized carbons (Fsp3) is 0.500. The van der Waals surface area contributed by atoms with Crippen molar-refractivity contribution in [3.63, 3.8) is 0 Å². The molecule has 2 heterocycles. The van der Waals surface area contributed by atoms with Gasteiger partial charge in [-0.05, 0) is 18.2 Å². The molecule has 1 aromatic rings. The van der Waals surface area contributed by atoms with E-state index in [-0.39, 0.29) is 24.9 Å². The van der Waals surface area contributed by atoms with Gasteiger partial charge in [0.1, 0.15) is 18.5 Å². The molecule has 9 nitrogen and oxygen atoms in total. The molecule has 10 heteroatoms. The number of piperazine rings is 1. The SMILES string of the molecule is CC(=O)NC[C@@H]1CN(c2ccc(N3CCN(C(=O)CO)CC3)c(F)c2)C(=O)O1. The molecule has 0 unspecified atom stereocenters. The number of amides is 3. The lowest BCUT2D eigenvalue weighted by atomic mass is 10.2. The van der Waals surface area contributed by atoms with Crippen LogP contribution in [0.25, 0.3) is 0 Å². The lowest BCUT2D eigenvalue weighted by Gasteiger charge is -2.36. The zero-order valence-corrected chi connectivity index (χ0v) is 15.6. The number of aliphatic hydroxyl groups is 1. The van der Waals surface area contributed by atoms with Gasteiger partial charge in [0.2, 0.25) is 11.8 Å². The second-order valence-corrected chi connectivity index (χ2v) is 6.72. The molecule has 3 amide bonds. The Morgan fingerprint density at radius 1 is 1.29 bits per heavy atom. The molecule has 2 aliphatic heterocycles. The topological polar surface area (TPSA) is 102 Å². The highest BCUT2D eigenvalue weighted by atomic mass is 19.1. The zero-order chi connectivity index (χ0) is 20.3. The predicted molar refractivity (Wildman–Crippen MR) is 98.6 cm³/mol. The second kappa shape index (κ2) is 8.42. The van der Waals surface area contributed by atoms with Crippen molar-refractivity contribution < 1.29 is 28.6 Å². The van der Waals surface area contributed by atoms with E-state index in [1.54, 1.807) is 12.1 Å². The van der Waals surface area contributed by atoms with Crippen molar-refractivity contribution in [2.45, 2.75) is 13.0 Å². The summed E-state index contributed by atoms with van der Waals surface area (Å²) in [7, 11) is 0. The summed E-state index contributed by atoms with van der Waals surface area (Å²) < 4.78 is 19.9. The van der Waals surface area contributed by atoms with Crippen LogP contribution in [-0.4, -0.2) is 79.9 Å². The maximum atomic E-state index is 14.7. The van der Waals surface area contributed by atoms with Crippen molar-refractivity contribution in [3.05, 3.63) is 24.0 Å². The van der Waals surface area contributed by atoms with Gasteiger partial charge in [-0.1, -0.05) is 0 Å². The van der Waals surface area contributed by atoms with Gasteiger partial charge in [-0.25, -0.2) is 9.18 Å². The number of nitrogens with one attached hydrogen (secondary N) is 1. The number of halogens is 1. The number of cyclic esters (lactones) is 1. The van der Waals surface area contributed by atoms with Crippen LogP contribution in [0.1, 0.15) is 6.92 Å². The molecule has 1 aromatic carbocycles. The number of ether oxygens (including phenoxy) is 1. The molecule has 2 N–H and O–H groups in total. The minimum Gasteiger partial charge on any atom is -0.442 e. The van der Waals surface area contributed by atoms with E-state index in [2.05, 4.69) is 5.32 Å². The Labute approximate surface area is 161 Å². The van der Waals surface area contributed by atoms with Crippen molar-refractivity contribution in [1.29, 1.82) is 0 Å². The molecule has 2 aliphatic rings. The van der Waals surface area contributed by atoms with E-state index in [0.717, 1.165) is 0 Å². The zero-order valence-electron chi connectivity index (χ0n) is 15.6. The van der Waals surface area contributed by atoms with Gasteiger partial charge < -0.3 is 25.0 Å². The molecule has 0 aromatic heterocycles. The first-order chi connectivity index (χ1) is 13.4. The molecular formula is C18H23FN4O5. The molecule has 0 radical (unpaired) electrons. The first kappa shape index (κ1) is 19.9. The fourth-order valence-electron chi connectivity index (χ4n) is 3.31. The van der Waals surface area contributed by atoms with E-state index in [1.807, 2.05) is 4.90 Å². The third-order valence-corrected chi connectivity index (χ3v) is 4.80. The Kier molecular flexibility index (Phi) is 5.98. The fourth-order valence-corrected chi connectivity index (χ4v) is 3.31. The van der Waals surface area contributed by atoms with Crippen LogP contribution < -0.4 is 15.1 Å². The molecule has 2 fully saturated rings. The normalized spacial score (nSPS) is 19.6. The quantitative estimate of drug-likeness (QED) is 0.725. The monoisotopic (exact) mass is 394 g/mol. The van der Waals surface area contributed by atoms with Gasteiger partial charge in [0.15, 0.2) is 0 Å². The summed E-state index contributed by atoms with van der Waals surface area (Å²) in [5.41, 5.74) is 0.771. The van der Waals surface area contributed by atoms with Gasteiger partial charge in [0.05, 0.1) is 24.5 Å².